The Balaban J connectivity index is 2.32. The topological polar surface area (TPSA) is 79.4 Å². The van der Waals surface area contributed by atoms with Gasteiger partial charge >= 0.3 is 0 Å². The molecule has 0 spiro atoms. The Labute approximate surface area is 132 Å². The summed E-state index contributed by atoms with van der Waals surface area (Å²) in [5.41, 5.74) is 0.536. The molecular weight excluding hydrogens is 298 g/mol. The summed E-state index contributed by atoms with van der Waals surface area (Å²) in [4.78, 5) is 11.4. The van der Waals surface area contributed by atoms with E-state index in [0.29, 0.717) is 35.1 Å². The Hall–Kier alpha value is -3.09. The molecular formula is C16H15N3O4. The molecule has 3 aromatic rings. The maximum atomic E-state index is 11.4. The monoisotopic (exact) mass is 313 g/mol. The number of carbonyl (C=O) groups excluding carboxylic acids is 1. The van der Waals surface area contributed by atoms with Gasteiger partial charge in [0.2, 0.25) is 11.6 Å². The molecule has 7 heteroatoms. The van der Waals surface area contributed by atoms with E-state index in [0.717, 1.165) is 5.76 Å². The van der Waals surface area contributed by atoms with Crippen LogP contribution >= 0.6 is 0 Å². The summed E-state index contributed by atoms with van der Waals surface area (Å²) < 4.78 is 18.0. The second kappa shape index (κ2) is 5.96. The van der Waals surface area contributed by atoms with E-state index in [1.807, 2.05) is 13.0 Å². The van der Waals surface area contributed by atoms with Crippen molar-refractivity contribution in [3.8, 4) is 28.8 Å². The van der Waals surface area contributed by atoms with Crippen LogP contribution in [0.5, 0.6) is 11.5 Å². The SMILES string of the molecule is COc1cccc(OC)c1-n1c(C=O)nnc1-c1ccc(C)o1. The molecule has 7 nitrogen and oxygen atoms in total. The minimum atomic E-state index is 0.122. The van der Waals surface area contributed by atoms with Gasteiger partial charge in [0.1, 0.15) is 22.9 Å². The lowest BCUT2D eigenvalue weighted by atomic mass is 10.2. The number of aryl methyl sites for hydroxylation is 1. The van der Waals surface area contributed by atoms with Crippen LogP contribution in [0.4, 0.5) is 0 Å². The smallest absolute Gasteiger partial charge is 0.205 e. The summed E-state index contributed by atoms with van der Waals surface area (Å²) in [6.45, 7) is 1.83. The van der Waals surface area contributed by atoms with Crippen LogP contribution in [0.3, 0.4) is 0 Å². The van der Waals surface area contributed by atoms with Crippen molar-refractivity contribution in [2.75, 3.05) is 14.2 Å². The van der Waals surface area contributed by atoms with E-state index in [1.54, 1.807) is 43.1 Å². The number of hydrogen-bond donors (Lipinski definition) is 0. The molecule has 2 aromatic heterocycles. The van der Waals surface area contributed by atoms with Gasteiger partial charge in [-0.05, 0) is 31.2 Å². The highest BCUT2D eigenvalue weighted by molar-refractivity contribution is 5.75. The van der Waals surface area contributed by atoms with Gasteiger partial charge in [0, 0.05) is 0 Å². The molecule has 0 aliphatic rings. The van der Waals surface area contributed by atoms with Gasteiger partial charge in [-0.25, -0.2) is 0 Å². The normalized spacial score (nSPS) is 10.6. The number of aldehydes is 1. The number of nitrogens with zero attached hydrogens (tertiary/aromatic N) is 3. The van der Waals surface area contributed by atoms with Crippen LogP contribution in [0.2, 0.25) is 0 Å². The zero-order valence-electron chi connectivity index (χ0n) is 12.9. The highest BCUT2D eigenvalue weighted by atomic mass is 16.5. The average Bonchev–Trinajstić information content (AvgIpc) is 3.19. The van der Waals surface area contributed by atoms with Crippen molar-refractivity contribution in [3.63, 3.8) is 0 Å². The number of hydrogen-bond acceptors (Lipinski definition) is 6. The van der Waals surface area contributed by atoms with Crippen LogP contribution in [0.25, 0.3) is 17.3 Å². The lowest BCUT2D eigenvalue weighted by molar-refractivity contribution is 0.111. The highest BCUT2D eigenvalue weighted by Crippen LogP contribution is 2.36. The highest BCUT2D eigenvalue weighted by Gasteiger charge is 2.23. The molecule has 2 heterocycles. The quantitative estimate of drug-likeness (QED) is 0.674. The third-order valence-electron chi connectivity index (χ3n) is 3.38. The lowest BCUT2D eigenvalue weighted by Crippen LogP contribution is -2.06. The molecule has 0 saturated heterocycles. The standard InChI is InChI=1S/C16H15N3O4/c1-10-7-8-13(23-10)16-18-17-14(9-20)19(16)15-11(21-2)5-4-6-12(15)22-3/h4-9H,1-3H3. The molecule has 0 bridgehead atoms. The second-order valence-electron chi connectivity index (χ2n) is 4.76. The number of aromatic nitrogens is 3. The fraction of sp³-hybridized carbons (Fsp3) is 0.188. The second-order valence-corrected chi connectivity index (χ2v) is 4.76. The van der Waals surface area contributed by atoms with E-state index in [9.17, 15) is 4.79 Å². The molecule has 0 saturated carbocycles. The molecule has 0 amide bonds. The molecule has 0 aliphatic heterocycles. The summed E-state index contributed by atoms with van der Waals surface area (Å²) >= 11 is 0. The number of rotatable bonds is 5. The van der Waals surface area contributed by atoms with Crippen molar-refractivity contribution in [1.29, 1.82) is 0 Å². The number of furan rings is 1. The van der Waals surface area contributed by atoms with Gasteiger partial charge in [0.25, 0.3) is 0 Å². The molecule has 3 rings (SSSR count). The first-order chi connectivity index (χ1) is 11.2. The van der Waals surface area contributed by atoms with Gasteiger partial charge in [-0.1, -0.05) is 6.07 Å². The third-order valence-corrected chi connectivity index (χ3v) is 3.38. The van der Waals surface area contributed by atoms with E-state index in [-0.39, 0.29) is 5.82 Å². The maximum Gasteiger partial charge on any atom is 0.205 e. The van der Waals surface area contributed by atoms with E-state index < -0.39 is 0 Å². The van der Waals surface area contributed by atoms with Crippen LogP contribution in [0.15, 0.2) is 34.7 Å². The summed E-state index contributed by atoms with van der Waals surface area (Å²) in [6, 6.07) is 8.91. The Morgan fingerprint density at radius 3 is 2.30 bits per heavy atom. The van der Waals surface area contributed by atoms with Crippen molar-refractivity contribution in [1.82, 2.24) is 14.8 Å². The minimum absolute atomic E-state index is 0.122. The summed E-state index contributed by atoms with van der Waals surface area (Å²) in [5, 5.41) is 8.00. The fourth-order valence-corrected chi connectivity index (χ4v) is 2.36. The summed E-state index contributed by atoms with van der Waals surface area (Å²) in [7, 11) is 3.08. The third kappa shape index (κ3) is 2.46. The van der Waals surface area contributed by atoms with E-state index in [2.05, 4.69) is 10.2 Å². The molecule has 0 fully saturated rings. The molecule has 0 atom stereocenters. The molecule has 0 aliphatic carbocycles. The van der Waals surface area contributed by atoms with Crippen molar-refractivity contribution in [2.24, 2.45) is 0 Å². The number of carbonyl (C=O) groups is 1. The Bertz CT molecular complexity index is 829. The van der Waals surface area contributed by atoms with Crippen molar-refractivity contribution >= 4 is 6.29 Å². The zero-order valence-corrected chi connectivity index (χ0v) is 12.9. The van der Waals surface area contributed by atoms with Crippen LogP contribution in [0.1, 0.15) is 16.4 Å². The molecule has 118 valence electrons. The zero-order chi connectivity index (χ0) is 16.4. The van der Waals surface area contributed by atoms with Gasteiger partial charge in [0.15, 0.2) is 12.0 Å². The maximum absolute atomic E-state index is 11.4. The number of methoxy groups -OCH3 is 2. The minimum Gasteiger partial charge on any atom is -0.494 e. The van der Waals surface area contributed by atoms with Gasteiger partial charge in [-0.15, -0.1) is 10.2 Å². The van der Waals surface area contributed by atoms with Gasteiger partial charge in [0.05, 0.1) is 14.2 Å². The summed E-state index contributed by atoms with van der Waals surface area (Å²) in [5.74, 6) is 2.79. The largest absolute Gasteiger partial charge is 0.494 e. The van der Waals surface area contributed by atoms with Crippen LogP contribution in [-0.2, 0) is 0 Å². The van der Waals surface area contributed by atoms with Crippen molar-refractivity contribution in [2.45, 2.75) is 6.92 Å². The van der Waals surface area contributed by atoms with E-state index in [1.165, 1.54) is 0 Å². The number of para-hydroxylation sites is 1. The van der Waals surface area contributed by atoms with Gasteiger partial charge in [-0.3, -0.25) is 9.36 Å². The van der Waals surface area contributed by atoms with Crippen molar-refractivity contribution in [3.05, 3.63) is 41.9 Å². The average molecular weight is 313 g/mol. The molecule has 0 radical (unpaired) electrons. The van der Waals surface area contributed by atoms with Crippen molar-refractivity contribution < 1.29 is 18.7 Å². The Morgan fingerprint density at radius 2 is 1.78 bits per heavy atom. The predicted octanol–water partition coefficient (Wildman–Crippen LogP) is 2.67. The van der Waals surface area contributed by atoms with Gasteiger partial charge < -0.3 is 13.9 Å². The molecule has 0 N–H and O–H groups in total. The van der Waals surface area contributed by atoms with Crippen LogP contribution in [-0.4, -0.2) is 35.3 Å². The number of ether oxygens (including phenoxy) is 2. The van der Waals surface area contributed by atoms with E-state index in [4.69, 9.17) is 13.9 Å². The first-order valence-corrected chi connectivity index (χ1v) is 6.88. The van der Waals surface area contributed by atoms with E-state index >= 15 is 0 Å². The first kappa shape index (κ1) is 14.8. The van der Waals surface area contributed by atoms with Crippen LogP contribution < -0.4 is 9.47 Å². The number of benzene rings is 1. The fourth-order valence-electron chi connectivity index (χ4n) is 2.36. The molecule has 23 heavy (non-hydrogen) atoms. The van der Waals surface area contributed by atoms with Gasteiger partial charge in [-0.2, -0.15) is 0 Å². The first-order valence-electron chi connectivity index (χ1n) is 6.88. The summed E-state index contributed by atoms with van der Waals surface area (Å²) in [6.07, 6.45) is 0.623. The Morgan fingerprint density at radius 1 is 1.09 bits per heavy atom. The predicted molar refractivity (Wildman–Crippen MR) is 82.3 cm³/mol. The Kier molecular flexibility index (Phi) is 3.84. The lowest BCUT2D eigenvalue weighted by Gasteiger charge is -2.15. The van der Waals surface area contributed by atoms with Crippen LogP contribution in [0, 0.1) is 6.92 Å². The molecule has 0 unspecified atom stereocenters. The molecule has 1 aromatic carbocycles.